The molecule has 0 fully saturated rings. The molecule has 37 heavy (non-hydrogen) atoms. The second-order valence-corrected chi connectivity index (χ2v) is 9.29. The van der Waals surface area contributed by atoms with Gasteiger partial charge in [0.05, 0.1) is 11.4 Å². The minimum atomic E-state index is -0.195. The first-order valence-corrected chi connectivity index (χ1v) is 13.1. The number of benzene rings is 2. The number of amides is 1. The molecular formula is C30H35N5O2. The molecule has 0 aliphatic rings. The first-order valence-electron chi connectivity index (χ1n) is 13.1. The lowest BCUT2D eigenvalue weighted by Gasteiger charge is -2.13. The molecule has 0 atom stereocenters. The Morgan fingerprint density at radius 2 is 1.59 bits per heavy atom. The van der Waals surface area contributed by atoms with Gasteiger partial charge in [-0.1, -0.05) is 69.4 Å². The summed E-state index contributed by atoms with van der Waals surface area (Å²) in [6, 6.07) is 20.4. The van der Waals surface area contributed by atoms with Crippen molar-refractivity contribution in [1.29, 1.82) is 0 Å². The van der Waals surface area contributed by atoms with Gasteiger partial charge in [0.1, 0.15) is 0 Å². The fraction of sp³-hybridized carbons (Fsp3) is 0.333. The zero-order valence-corrected chi connectivity index (χ0v) is 21.7. The van der Waals surface area contributed by atoms with Gasteiger partial charge < -0.3 is 10.6 Å². The van der Waals surface area contributed by atoms with E-state index >= 15 is 0 Å². The van der Waals surface area contributed by atoms with E-state index in [2.05, 4.69) is 27.5 Å². The summed E-state index contributed by atoms with van der Waals surface area (Å²) in [5.41, 5.74) is 3.43. The van der Waals surface area contributed by atoms with Crippen LogP contribution >= 0.6 is 0 Å². The smallest absolute Gasteiger partial charge is 0.256 e. The number of rotatable bonds is 12. The summed E-state index contributed by atoms with van der Waals surface area (Å²) in [5, 5.41) is 7.06. The lowest BCUT2D eigenvalue weighted by atomic mass is 10.1. The molecular weight excluding hydrogens is 462 g/mol. The second-order valence-electron chi connectivity index (χ2n) is 9.29. The summed E-state index contributed by atoms with van der Waals surface area (Å²) in [4.78, 5) is 34.8. The Bertz CT molecular complexity index is 1380. The van der Waals surface area contributed by atoms with Crippen LogP contribution in [-0.2, 0) is 6.54 Å². The van der Waals surface area contributed by atoms with Crippen molar-refractivity contribution in [3.63, 3.8) is 0 Å². The van der Waals surface area contributed by atoms with Crippen LogP contribution in [0, 0.1) is 6.92 Å². The van der Waals surface area contributed by atoms with Crippen LogP contribution in [-0.4, -0.2) is 27.0 Å². The van der Waals surface area contributed by atoms with Crippen molar-refractivity contribution in [3.05, 3.63) is 93.9 Å². The minimum absolute atomic E-state index is 0.101. The summed E-state index contributed by atoms with van der Waals surface area (Å²) in [5.74, 6) is 0.356. The largest absolute Gasteiger partial charge is 0.352 e. The zero-order valence-electron chi connectivity index (χ0n) is 21.7. The molecule has 4 aromatic rings. The van der Waals surface area contributed by atoms with E-state index in [1.54, 1.807) is 34.9 Å². The molecule has 0 aliphatic carbocycles. The molecule has 7 nitrogen and oxygen atoms in total. The summed E-state index contributed by atoms with van der Waals surface area (Å²) < 4.78 is 1.57. The number of hydrogen-bond donors (Lipinski definition) is 2. The van der Waals surface area contributed by atoms with E-state index < -0.39 is 0 Å². The summed E-state index contributed by atoms with van der Waals surface area (Å²) >= 11 is 0. The van der Waals surface area contributed by atoms with Gasteiger partial charge in [-0.25, -0.2) is 4.98 Å². The van der Waals surface area contributed by atoms with E-state index in [9.17, 15) is 9.59 Å². The molecule has 0 unspecified atom stereocenters. The fourth-order valence-corrected chi connectivity index (χ4v) is 4.34. The van der Waals surface area contributed by atoms with Crippen molar-refractivity contribution in [2.45, 2.75) is 58.9 Å². The number of unbranched alkanes of at least 4 members (excludes halogenated alkanes) is 5. The first kappa shape index (κ1) is 26.1. The van der Waals surface area contributed by atoms with E-state index in [0.717, 1.165) is 29.5 Å². The molecule has 2 aromatic carbocycles. The Hall–Kier alpha value is -4.00. The first-order chi connectivity index (χ1) is 18.1. The van der Waals surface area contributed by atoms with Gasteiger partial charge in [0.2, 0.25) is 5.95 Å². The number of nitrogens with one attached hydrogen (secondary N) is 2. The third kappa shape index (κ3) is 6.82. The highest BCUT2D eigenvalue weighted by atomic mass is 16.1. The number of carbonyl (C=O) groups is 1. The van der Waals surface area contributed by atoms with Gasteiger partial charge in [-0.05, 0) is 49.2 Å². The third-order valence-electron chi connectivity index (χ3n) is 6.44. The highest BCUT2D eigenvalue weighted by Crippen LogP contribution is 2.20. The Morgan fingerprint density at radius 1 is 0.865 bits per heavy atom. The third-order valence-corrected chi connectivity index (χ3v) is 6.44. The number of anilines is 1. The molecule has 1 amide bonds. The molecule has 7 heteroatoms. The van der Waals surface area contributed by atoms with Crippen LogP contribution in [0.5, 0.6) is 0 Å². The molecule has 0 saturated carbocycles. The Morgan fingerprint density at radius 3 is 2.35 bits per heavy atom. The van der Waals surface area contributed by atoms with Gasteiger partial charge in [0, 0.05) is 30.1 Å². The highest BCUT2D eigenvalue weighted by Gasteiger charge is 2.13. The molecule has 192 valence electrons. The normalized spacial score (nSPS) is 11.0. The Labute approximate surface area is 218 Å². The van der Waals surface area contributed by atoms with Crippen LogP contribution < -0.4 is 16.2 Å². The van der Waals surface area contributed by atoms with Crippen LogP contribution in [0.4, 0.5) is 5.95 Å². The molecule has 0 aliphatic heterocycles. The van der Waals surface area contributed by atoms with Crippen molar-refractivity contribution in [3.8, 4) is 5.69 Å². The number of pyridine rings is 1. The van der Waals surface area contributed by atoms with Gasteiger partial charge >= 0.3 is 0 Å². The van der Waals surface area contributed by atoms with Gasteiger partial charge in [-0.15, -0.1) is 0 Å². The zero-order chi connectivity index (χ0) is 26.0. The van der Waals surface area contributed by atoms with Crippen molar-refractivity contribution in [1.82, 2.24) is 19.9 Å². The van der Waals surface area contributed by atoms with E-state index in [-0.39, 0.29) is 11.5 Å². The molecule has 2 heterocycles. The van der Waals surface area contributed by atoms with E-state index in [4.69, 9.17) is 0 Å². The monoisotopic (exact) mass is 497 g/mol. The molecule has 0 saturated heterocycles. The second kappa shape index (κ2) is 12.8. The predicted molar refractivity (Wildman–Crippen MR) is 149 cm³/mol. The quantitative estimate of drug-likeness (QED) is 0.242. The number of aryl methyl sites for hydroxylation is 1. The van der Waals surface area contributed by atoms with Crippen molar-refractivity contribution < 1.29 is 4.79 Å². The molecule has 4 rings (SSSR count). The van der Waals surface area contributed by atoms with E-state index in [0.29, 0.717) is 35.9 Å². The van der Waals surface area contributed by atoms with E-state index in [1.807, 2.05) is 37.3 Å². The summed E-state index contributed by atoms with van der Waals surface area (Å²) in [7, 11) is 0. The summed E-state index contributed by atoms with van der Waals surface area (Å²) in [6.45, 7) is 5.36. The number of hydrogen-bond acceptors (Lipinski definition) is 5. The van der Waals surface area contributed by atoms with Crippen LogP contribution in [0.2, 0.25) is 0 Å². The molecule has 0 bridgehead atoms. The van der Waals surface area contributed by atoms with Gasteiger partial charge in [0.15, 0.2) is 5.65 Å². The SMILES string of the molecule is CCCCCCCCNC(=O)c1ccc(-n2c(=O)ccc3c(C)nc(NCc4ccccc4)nc32)cc1. The lowest BCUT2D eigenvalue weighted by molar-refractivity contribution is 0.0953. The van der Waals surface area contributed by atoms with Gasteiger partial charge in [-0.2, -0.15) is 4.98 Å². The van der Waals surface area contributed by atoms with E-state index in [1.165, 1.54) is 31.7 Å². The average Bonchev–Trinajstić information content (AvgIpc) is 2.92. The van der Waals surface area contributed by atoms with Crippen molar-refractivity contribution in [2.75, 3.05) is 11.9 Å². The number of aromatic nitrogens is 3. The topological polar surface area (TPSA) is 88.9 Å². The molecule has 2 aromatic heterocycles. The highest BCUT2D eigenvalue weighted by molar-refractivity contribution is 5.94. The standard InChI is InChI=1S/C30H35N5O2/c1-3-4-5-6-7-11-20-31-29(37)24-14-16-25(17-15-24)35-27(36)19-18-26-22(2)33-30(34-28(26)35)32-21-23-12-9-8-10-13-23/h8-10,12-19H,3-7,11,20-21H2,1-2H3,(H,31,37)(H,32,33,34). The summed E-state index contributed by atoms with van der Waals surface area (Å²) in [6.07, 6.45) is 7.09. The lowest BCUT2D eigenvalue weighted by Crippen LogP contribution is -2.24. The van der Waals surface area contributed by atoms with Gasteiger partial charge in [-0.3, -0.25) is 14.2 Å². The Kier molecular flexibility index (Phi) is 9.03. The van der Waals surface area contributed by atoms with Crippen LogP contribution in [0.25, 0.3) is 16.7 Å². The van der Waals surface area contributed by atoms with Crippen LogP contribution in [0.15, 0.2) is 71.5 Å². The molecule has 2 N–H and O–H groups in total. The molecule has 0 spiro atoms. The Balaban J connectivity index is 1.49. The minimum Gasteiger partial charge on any atom is -0.352 e. The maximum absolute atomic E-state index is 12.9. The number of fused-ring (bicyclic) bond motifs is 1. The maximum atomic E-state index is 12.9. The van der Waals surface area contributed by atoms with Crippen molar-refractivity contribution in [2.24, 2.45) is 0 Å². The predicted octanol–water partition coefficient (Wildman–Crippen LogP) is 5.79. The average molecular weight is 498 g/mol. The van der Waals surface area contributed by atoms with Crippen LogP contribution in [0.3, 0.4) is 0 Å². The fourth-order valence-electron chi connectivity index (χ4n) is 4.34. The number of carbonyl (C=O) groups excluding carboxylic acids is 1. The van der Waals surface area contributed by atoms with Crippen LogP contribution in [0.1, 0.15) is 67.1 Å². The number of nitrogens with zero attached hydrogens (tertiary/aromatic N) is 3. The van der Waals surface area contributed by atoms with Crippen molar-refractivity contribution >= 4 is 22.9 Å². The molecule has 0 radical (unpaired) electrons. The maximum Gasteiger partial charge on any atom is 0.256 e. The van der Waals surface area contributed by atoms with Gasteiger partial charge in [0.25, 0.3) is 11.5 Å².